The molecule has 0 saturated carbocycles. The highest BCUT2D eigenvalue weighted by atomic mass is 32.2. The maximum Gasteiger partial charge on any atom is 0.414 e. The fourth-order valence-electron chi connectivity index (χ4n) is 2.07. The number of cyclic esters (lactones) is 1. The molecule has 1 saturated heterocycles. The Morgan fingerprint density at radius 2 is 2.38 bits per heavy atom. The number of nitrogens with zero attached hydrogens (tertiary/aromatic N) is 3. The molecule has 24 heavy (non-hydrogen) atoms. The highest BCUT2D eigenvalue weighted by Gasteiger charge is 2.31. The first-order valence-corrected chi connectivity index (χ1v) is 8.37. The van der Waals surface area contributed by atoms with Gasteiger partial charge >= 0.3 is 11.1 Å². The summed E-state index contributed by atoms with van der Waals surface area (Å²) in [6, 6.07) is 4.28. The normalized spacial score (nSPS) is 17.2. The fraction of sp³-hybridized carbons (Fsp3) is 0.231. The van der Waals surface area contributed by atoms with Gasteiger partial charge in [0.05, 0.1) is 22.1 Å². The van der Waals surface area contributed by atoms with Gasteiger partial charge in [-0.2, -0.15) is 0 Å². The summed E-state index contributed by atoms with van der Waals surface area (Å²) in [6.45, 7) is 0.460. The number of carbonyl (C=O) groups is 1. The highest BCUT2D eigenvalue weighted by Crippen LogP contribution is 2.36. The standard InChI is InChI=1S/C13H11FN4O4S2/c14-9-3-7(17-6-8(4-15)22-13(17)19)1-2-10(9)23-12-16-5-11(24-12)18(20)21/h1-3,5,8H,4,6,15H2/t8-/m0/s1. The summed E-state index contributed by atoms with van der Waals surface area (Å²) in [7, 11) is 0. The van der Waals surface area contributed by atoms with Crippen molar-refractivity contribution in [1.82, 2.24) is 4.98 Å². The molecule has 1 aliphatic heterocycles. The molecular weight excluding hydrogens is 359 g/mol. The second-order valence-electron chi connectivity index (χ2n) is 4.79. The molecule has 0 aliphatic carbocycles. The van der Waals surface area contributed by atoms with Crippen LogP contribution in [0.4, 0.5) is 19.9 Å². The summed E-state index contributed by atoms with van der Waals surface area (Å²) < 4.78 is 19.7. The second-order valence-corrected chi connectivity index (χ2v) is 7.09. The van der Waals surface area contributed by atoms with Crippen molar-refractivity contribution in [2.24, 2.45) is 5.73 Å². The average molecular weight is 370 g/mol. The molecule has 1 amide bonds. The Bertz CT molecular complexity index is 800. The maximum absolute atomic E-state index is 14.3. The zero-order chi connectivity index (χ0) is 17.3. The van der Waals surface area contributed by atoms with Crippen molar-refractivity contribution < 1.29 is 18.8 Å². The van der Waals surface area contributed by atoms with Crippen molar-refractivity contribution >= 4 is 39.9 Å². The van der Waals surface area contributed by atoms with Crippen LogP contribution in [0.3, 0.4) is 0 Å². The Hall–Kier alpha value is -2.24. The van der Waals surface area contributed by atoms with Gasteiger partial charge in [0.25, 0.3) is 0 Å². The van der Waals surface area contributed by atoms with Gasteiger partial charge < -0.3 is 10.5 Å². The van der Waals surface area contributed by atoms with Crippen LogP contribution in [-0.2, 0) is 4.74 Å². The first kappa shape index (κ1) is 16.6. The number of nitrogens with two attached hydrogens (primary N) is 1. The van der Waals surface area contributed by atoms with Crippen molar-refractivity contribution in [3.63, 3.8) is 0 Å². The Kier molecular flexibility index (Phi) is 4.64. The average Bonchev–Trinajstić information content (AvgIpc) is 3.16. The molecule has 11 heteroatoms. The van der Waals surface area contributed by atoms with Crippen LogP contribution in [0.1, 0.15) is 0 Å². The molecule has 3 rings (SSSR count). The molecule has 1 atom stereocenters. The quantitative estimate of drug-likeness (QED) is 0.636. The van der Waals surface area contributed by atoms with Gasteiger partial charge in [0.15, 0.2) is 4.34 Å². The third-order valence-electron chi connectivity index (χ3n) is 3.21. The van der Waals surface area contributed by atoms with Gasteiger partial charge in [-0.1, -0.05) is 11.8 Å². The topological polar surface area (TPSA) is 112 Å². The summed E-state index contributed by atoms with van der Waals surface area (Å²) in [6.07, 6.45) is 0.151. The van der Waals surface area contributed by atoms with Crippen LogP contribution in [0.2, 0.25) is 0 Å². The van der Waals surface area contributed by atoms with Gasteiger partial charge in [-0.25, -0.2) is 14.2 Å². The molecule has 1 aromatic carbocycles. The van der Waals surface area contributed by atoms with Gasteiger partial charge in [0, 0.05) is 6.54 Å². The molecule has 1 aliphatic rings. The third kappa shape index (κ3) is 3.32. The first-order valence-electron chi connectivity index (χ1n) is 6.73. The van der Waals surface area contributed by atoms with Crippen molar-refractivity contribution in [1.29, 1.82) is 0 Å². The SMILES string of the molecule is NC[C@H]1CN(c2ccc(Sc3ncc([N+](=O)[O-])s3)c(F)c2)C(=O)O1. The predicted octanol–water partition coefficient (Wildman–Crippen LogP) is 2.63. The molecule has 2 N–H and O–H groups in total. The molecule has 2 aromatic rings. The van der Waals surface area contributed by atoms with Gasteiger partial charge in [0.2, 0.25) is 0 Å². The molecule has 0 bridgehead atoms. The third-order valence-corrected chi connectivity index (χ3v) is 5.29. The predicted molar refractivity (Wildman–Crippen MR) is 86.0 cm³/mol. The monoisotopic (exact) mass is 370 g/mol. The van der Waals surface area contributed by atoms with Gasteiger partial charge in [-0.05, 0) is 29.5 Å². The van der Waals surface area contributed by atoms with Crippen molar-refractivity contribution in [3.8, 4) is 0 Å². The summed E-state index contributed by atoms with van der Waals surface area (Å²) >= 11 is 1.85. The molecule has 126 valence electrons. The van der Waals surface area contributed by atoms with E-state index in [9.17, 15) is 19.3 Å². The van der Waals surface area contributed by atoms with Crippen LogP contribution in [0.15, 0.2) is 33.6 Å². The second kappa shape index (κ2) is 6.71. The minimum Gasteiger partial charge on any atom is -0.443 e. The lowest BCUT2D eigenvalue weighted by atomic mass is 10.2. The van der Waals surface area contributed by atoms with Gasteiger partial charge in [0.1, 0.15) is 18.1 Å². The molecule has 0 spiro atoms. The Morgan fingerprint density at radius 3 is 2.96 bits per heavy atom. The van der Waals surface area contributed by atoms with Crippen LogP contribution < -0.4 is 10.6 Å². The largest absolute Gasteiger partial charge is 0.443 e. The Labute approximate surface area is 143 Å². The number of aromatic nitrogens is 1. The maximum atomic E-state index is 14.3. The minimum absolute atomic E-state index is 0.109. The minimum atomic E-state index is -0.569. The van der Waals surface area contributed by atoms with E-state index >= 15 is 0 Å². The number of halogens is 1. The number of hydrogen-bond donors (Lipinski definition) is 1. The van der Waals surface area contributed by atoms with Crippen LogP contribution in [0.25, 0.3) is 0 Å². The first-order chi connectivity index (χ1) is 11.5. The number of amides is 1. The number of carbonyl (C=O) groups excluding carboxylic acids is 1. The lowest BCUT2D eigenvalue weighted by molar-refractivity contribution is -0.380. The number of anilines is 1. The number of rotatable bonds is 5. The van der Waals surface area contributed by atoms with E-state index in [1.807, 2.05) is 0 Å². The van der Waals surface area contributed by atoms with E-state index < -0.39 is 22.9 Å². The van der Waals surface area contributed by atoms with Gasteiger partial charge in [-0.3, -0.25) is 15.0 Å². The lowest BCUT2D eigenvalue weighted by Gasteiger charge is -2.13. The number of ether oxygens (including phenoxy) is 1. The Balaban J connectivity index is 1.77. The van der Waals surface area contributed by atoms with Crippen LogP contribution >= 0.6 is 23.1 Å². The molecule has 0 radical (unpaired) electrons. The Morgan fingerprint density at radius 1 is 1.58 bits per heavy atom. The number of benzene rings is 1. The summed E-state index contributed by atoms with van der Waals surface area (Å²) in [5.41, 5.74) is 5.83. The fourth-order valence-corrected chi connectivity index (χ4v) is 3.81. The zero-order valence-corrected chi connectivity index (χ0v) is 13.7. The smallest absolute Gasteiger partial charge is 0.414 e. The number of nitro groups is 1. The van der Waals surface area contributed by atoms with Crippen LogP contribution in [0.5, 0.6) is 0 Å². The molecule has 1 fully saturated rings. The number of thiazole rings is 1. The van der Waals surface area contributed by atoms with Crippen LogP contribution in [-0.4, -0.2) is 35.2 Å². The summed E-state index contributed by atoms with van der Waals surface area (Å²) in [5, 5.41) is 10.5. The molecule has 0 unspecified atom stereocenters. The van der Waals surface area contributed by atoms with E-state index in [4.69, 9.17) is 10.5 Å². The lowest BCUT2D eigenvalue weighted by Crippen LogP contribution is -2.27. The summed E-state index contributed by atoms with van der Waals surface area (Å²) in [5.74, 6) is -0.556. The van der Waals surface area contributed by atoms with E-state index in [2.05, 4.69) is 4.98 Å². The van der Waals surface area contributed by atoms with E-state index in [1.54, 1.807) is 6.07 Å². The van der Waals surface area contributed by atoms with E-state index in [-0.39, 0.29) is 23.0 Å². The molecule has 2 heterocycles. The van der Waals surface area contributed by atoms with E-state index in [0.717, 1.165) is 29.3 Å². The van der Waals surface area contributed by atoms with Crippen molar-refractivity contribution in [3.05, 3.63) is 40.3 Å². The zero-order valence-electron chi connectivity index (χ0n) is 12.0. The molecule has 1 aromatic heterocycles. The highest BCUT2D eigenvalue weighted by molar-refractivity contribution is 8.01. The molecule has 8 nitrogen and oxygen atoms in total. The van der Waals surface area contributed by atoms with Gasteiger partial charge in [-0.15, -0.1) is 0 Å². The van der Waals surface area contributed by atoms with E-state index in [0.29, 0.717) is 10.0 Å². The molecular formula is C13H11FN4O4S2. The summed E-state index contributed by atoms with van der Waals surface area (Å²) in [4.78, 5) is 27.3. The van der Waals surface area contributed by atoms with Crippen molar-refractivity contribution in [2.75, 3.05) is 18.0 Å². The van der Waals surface area contributed by atoms with Crippen molar-refractivity contribution in [2.45, 2.75) is 15.3 Å². The van der Waals surface area contributed by atoms with E-state index in [1.165, 1.54) is 17.0 Å². The van der Waals surface area contributed by atoms with Crippen LogP contribution in [0, 0.1) is 15.9 Å². The number of hydrogen-bond acceptors (Lipinski definition) is 8.